The fourth-order valence-corrected chi connectivity index (χ4v) is 4.18. The highest BCUT2D eigenvalue weighted by Gasteiger charge is 2.31. The number of aliphatic hydroxyl groups is 1. The van der Waals surface area contributed by atoms with Gasteiger partial charge in [0.05, 0.1) is 6.10 Å². The van der Waals surface area contributed by atoms with Crippen molar-refractivity contribution in [3.63, 3.8) is 0 Å². The average molecular weight is 345 g/mol. The van der Waals surface area contributed by atoms with Crippen molar-refractivity contribution in [2.75, 3.05) is 39.8 Å². The molecule has 0 radical (unpaired) electrons. The molecule has 2 aliphatic rings. The van der Waals surface area contributed by atoms with Crippen LogP contribution in [0.5, 0.6) is 0 Å². The van der Waals surface area contributed by atoms with Crippen LogP contribution in [0.15, 0.2) is 30.3 Å². The summed E-state index contributed by atoms with van der Waals surface area (Å²) in [7, 11) is 2.05. The van der Waals surface area contributed by atoms with Gasteiger partial charge < -0.3 is 10.0 Å². The maximum Gasteiger partial charge on any atom is 0.222 e. The number of aliphatic hydroxyl groups excluding tert-OH is 1. The third kappa shape index (κ3) is 5.27. The van der Waals surface area contributed by atoms with Crippen LogP contribution < -0.4 is 0 Å². The summed E-state index contributed by atoms with van der Waals surface area (Å²) < 4.78 is 0. The molecule has 1 aromatic carbocycles. The lowest BCUT2D eigenvalue weighted by Crippen LogP contribution is -2.50. The number of piperidine rings is 1. The van der Waals surface area contributed by atoms with Crippen molar-refractivity contribution in [2.24, 2.45) is 0 Å². The fraction of sp³-hybridized carbons (Fsp3) is 0.650. The molecular weight excluding hydrogens is 314 g/mol. The first kappa shape index (κ1) is 18.4. The Morgan fingerprint density at radius 3 is 2.76 bits per heavy atom. The number of β-amino-alcohol motifs (C(OH)–C–C–N with tert-alkyl or cyclic N) is 1. The zero-order valence-electron chi connectivity index (χ0n) is 15.3. The molecule has 0 aromatic heterocycles. The van der Waals surface area contributed by atoms with E-state index < -0.39 is 0 Å². The van der Waals surface area contributed by atoms with Crippen molar-refractivity contribution in [1.82, 2.24) is 14.7 Å². The molecule has 138 valence electrons. The van der Waals surface area contributed by atoms with Crippen molar-refractivity contribution in [1.29, 1.82) is 0 Å². The molecule has 5 heteroatoms. The average Bonchev–Trinajstić information content (AvgIpc) is 3.02. The summed E-state index contributed by atoms with van der Waals surface area (Å²) in [5.74, 6) is 0.315. The number of hydrogen-bond acceptors (Lipinski definition) is 4. The Morgan fingerprint density at radius 1 is 1.24 bits per heavy atom. The van der Waals surface area contributed by atoms with Crippen LogP contribution in [-0.4, -0.2) is 77.6 Å². The van der Waals surface area contributed by atoms with Gasteiger partial charge in [0.15, 0.2) is 0 Å². The molecule has 2 heterocycles. The standard InChI is InChI=1S/C20H31N3O2/c1-21(13-17-7-3-2-4-8-17)15-19(24)16-22-11-5-9-18(14-22)23-12-6-10-20(23)25/h2-4,7-8,18-19,24H,5-6,9-16H2,1H3. The first-order valence-corrected chi connectivity index (χ1v) is 9.54. The van der Waals surface area contributed by atoms with Gasteiger partial charge in [-0.05, 0) is 38.4 Å². The molecule has 0 spiro atoms. The van der Waals surface area contributed by atoms with E-state index in [1.807, 2.05) is 18.2 Å². The Morgan fingerprint density at radius 2 is 2.04 bits per heavy atom. The highest BCUT2D eigenvalue weighted by molar-refractivity contribution is 5.78. The zero-order valence-corrected chi connectivity index (χ0v) is 15.3. The second-order valence-corrected chi connectivity index (χ2v) is 7.58. The van der Waals surface area contributed by atoms with E-state index >= 15 is 0 Å². The number of nitrogens with zero attached hydrogens (tertiary/aromatic N) is 3. The third-order valence-corrected chi connectivity index (χ3v) is 5.32. The minimum atomic E-state index is -0.359. The van der Waals surface area contributed by atoms with Gasteiger partial charge in [0, 0.05) is 45.2 Å². The molecule has 0 aliphatic carbocycles. The van der Waals surface area contributed by atoms with Crippen molar-refractivity contribution in [3.8, 4) is 0 Å². The second-order valence-electron chi connectivity index (χ2n) is 7.58. The Bertz CT molecular complexity index is 551. The first-order valence-electron chi connectivity index (χ1n) is 9.54. The van der Waals surface area contributed by atoms with Gasteiger partial charge in [-0.25, -0.2) is 0 Å². The van der Waals surface area contributed by atoms with Crippen LogP contribution in [-0.2, 0) is 11.3 Å². The van der Waals surface area contributed by atoms with Gasteiger partial charge in [-0.1, -0.05) is 30.3 Å². The summed E-state index contributed by atoms with van der Waals surface area (Å²) in [6.07, 6.45) is 3.57. The van der Waals surface area contributed by atoms with Crippen molar-refractivity contribution < 1.29 is 9.90 Å². The van der Waals surface area contributed by atoms with Crippen LogP contribution in [0, 0.1) is 0 Å². The predicted octanol–water partition coefficient (Wildman–Crippen LogP) is 1.57. The van der Waals surface area contributed by atoms with Crippen LogP contribution in [0.1, 0.15) is 31.2 Å². The van der Waals surface area contributed by atoms with Crippen molar-refractivity contribution in [3.05, 3.63) is 35.9 Å². The Labute approximate surface area is 151 Å². The van der Waals surface area contributed by atoms with E-state index in [1.165, 1.54) is 5.56 Å². The van der Waals surface area contributed by atoms with E-state index in [9.17, 15) is 9.90 Å². The summed E-state index contributed by atoms with van der Waals surface area (Å²) in [6.45, 7) is 5.06. The number of benzene rings is 1. The summed E-state index contributed by atoms with van der Waals surface area (Å²) in [4.78, 5) is 18.5. The monoisotopic (exact) mass is 345 g/mol. The summed E-state index contributed by atoms with van der Waals surface area (Å²) >= 11 is 0. The molecule has 0 bridgehead atoms. The molecule has 25 heavy (non-hydrogen) atoms. The molecular formula is C20H31N3O2. The quantitative estimate of drug-likeness (QED) is 0.815. The number of likely N-dealkylation sites (tertiary alicyclic amines) is 2. The van der Waals surface area contributed by atoms with Gasteiger partial charge in [-0.15, -0.1) is 0 Å². The summed E-state index contributed by atoms with van der Waals surface area (Å²) in [5.41, 5.74) is 1.27. The van der Waals surface area contributed by atoms with Crippen LogP contribution >= 0.6 is 0 Å². The number of carbonyl (C=O) groups is 1. The van der Waals surface area contributed by atoms with Crippen LogP contribution in [0.4, 0.5) is 0 Å². The molecule has 2 atom stereocenters. The molecule has 3 rings (SSSR count). The van der Waals surface area contributed by atoms with E-state index in [-0.39, 0.29) is 6.10 Å². The number of hydrogen-bond donors (Lipinski definition) is 1. The van der Waals surface area contributed by atoms with Crippen LogP contribution in [0.2, 0.25) is 0 Å². The van der Waals surface area contributed by atoms with Crippen molar-refractivity contribution >= 4 is 5.91 Å². The minimum absolute atomic E-state index is 0.315. The molecule has 0 saturated carbocycles. The number of likely N-dealkylation sites (N-methyl/N-ethyl adjacent to an activating group) is 1. The normalized spacial score (nSPS) is 23.4. The Balaban J connectivity index is 1.44. The molecule has 5 nitrogen and oxygen atoms in total. The fourth-order valence-electron chi connectivity index (χ4n) is 4.18. The molecule has 2 saturated heterocycles. The second kappa shape index (κ2) is 8.79. The SMILES string of the molecule is CN(Cc1ccccc1)CC(O)CN1CCCC(N2CCCC2=O)C1. The van der Waals surface area contributed by atoms with Gasteiger partial charge in [-0.3, -0.25) is 14.6 Å². The van der Waals surface area contributed by atoms with Gasteiger partial charge in [-0.2, -0.15) is 0 Å². The predicted molar refractivity (Wildman–Crippen MR) is 99.2 cm³/mol. The van der Waals surface area contributed by atoms with E-state index in [1.54, 1.807) is 0 Å². The lowest BCUT2D eigenvalue weighted by atomic mass is 10.0. The minimum Gasteiger partial charge on any atom is -0.390 e. The van der Waals surface area contributed by atoms with Gasteiger partial charge in [0.25, 0.3) is 0 Å². The van der Waals surface area contributed by atoms with E-state index in [0.29, 0.717) is 31.5 Å². The van der Waals surface area contributed by atoms with E-state index in [0.717, 1.165) is 45.4 Å². The smallest absolute Gasteiger partial charge is 0.222 e. The molecule has 1 aromatic rings. The highest BCUT2D eigenvalue weighted by Crippen LogP contribution is 2.21. The maximum atomic E-state index is 12.0. The molecule has 2 fully saturated rings. The molecule has 2 unspecified atom stereocenters. The van der Waals surface area contributed by atoms with Crippen molar-refractivity contribution in [2.45, 2.75) is 44.4 Å². The summed E-state index contributed by atoms with van der Waals surface area (Å²) in [5, 5.41) is 10.5. The van der Waals surface area contributed by atoms with Gasteiger partial charge in [0.1, 0.15) is 0 Å². The highest BCUT2D eigenvalue weighted by atomic mass is 16.3. The lowest BCUT2D eigenvalue weighted by molar-refractivity contribution is -0.130. The Hall–Kier alpha value is -1.43. The lowest BCUT2D eigenvalue weighted by Gasteiger charge is -2.38. The topological polar surface area (TPSA) is 47.0 Å². The van der Waals surface area contributed by atoms with Crippen LogP contribution in [0.25, 0.3) is 0 Å². The number of rotatable bonds is 7. The van der Waals surface area contributed by atoms with Crippen LogP contribution in [0.3, 0.4) is 0 Å². The van der Waals surface area contributed by atoms with Gasteiger partial charge in [0.2, 0.25) is 5.91 Å². The largest absolute Gasteiger partial charge is 0.390 e. The van der Waals surface area contributed by atoms with E-state index in [4.69, 9.17) is 0 Å². The van der Waals surface area contributed by atoms with Gasteiger partial charge >= 0.3 is 0 Å². The third-order valence-electron chi connectivity index (χ3n) is 5.32. The molecule has 2 aliphatic heterocycles. The number of amides is 1. The molecule has 1 N–H and O–H groups in total. The maximum absolute atomic E-state index is 12.0. The van der Waals surface area contributed by atoms with E-state index in [2.05, 4.69) is 33.9 Å². The Kier molecular flexibility index (Phi) is 6.45. The summed E-state index contributed by atoms with van der Waals surface area (Å²) in [6, 6.07) is 10.7. The first-order chi connectivity index (χ1) is 12.1. The number of carbonyl (C=O) groups excluding carboxylic acids is 1. The zero-order chi connectivity index (χ0) is 17.6. The molecule has 1 amide bonds.